The highest BCUT2D eigenvalue weighted by Gasteiger charge is 2.34. The molecule has 2 fully saturated rings. The number of carbonyl (C=O) groups excluding carboxylic acids is 1. The lowest BCUT2D eigenvalue weighted by Gasteiger charge is -2.22. The van der Waals surface area contributed by atoms with Gasteiger partial charge in [0.1, 0.15) is 5.69 Å². The molecule has 23 heavy (non-hydrogen) atoms. The fraction of sp³-hybridized carbons (Fsp3) is 0.706. The van der Waals surface area contributed by atoms with Crippen LogP contribution in [-0.2, 0) is 10.3 Å². The molecular weight excluding hydrogens is 294 g/mol. The van der Waals surface area contributed by atoms with E-state index in [2.05, 4.69) is 31.2 Å². The number of carboxylic acids is 1. The van der Waals surface area contributed by atoms with Gasteiger partial charge < -0.3 is 10.4 Å². The van der Waals surface area contributed by atoms with E-state index < -0.39 is 5.97 Å². The van der Waals surface area contributed by atoms with Gasteiger partial charge in [-0.05, 0) is 58.9 Å². The van der Waals surface area contributed by atoms with Crippen molar-refractivity contribution < 1.29 is 14.7 Å². The second-order valence-corrected chi connectivity index (χ2v) is 7.83. The van der Waals surface area contributed by atoms with Gasteiger partial charge in [-0.2, -0.15) is 5.10 Å². The number of carboxylic acid groups (broad SMARTS) is 1. The molecule has 1 heterocycles. The molecule has 0 spiro atoms. The van der Waals surface area contributed by atoms with E-state index >= 15 is 0 Å². The normalized spacial score (nSPS) is 24.7. The maximum absolute atomic E-state index is 12.5. The largest absolute Gasteiger partial charge is 0.481 e. The first-order valence-corrected chi connectivity index (χ1v) is 8.40. The van der Waals surface area contributed by atoms with Gasteiger partial charge in [-0.1, -0.05) is 0 Å². The van der Waals surface area contributed by atoms with Crippen molar-refractivity contribution in [3.63, 3.8) is 0 Å². The van der Waals surface area contributed by atoms with Crippen LogP contribution in [0.25, 0.3) is 0 Å². The fourth-order valence-corrected chi connectivity index (χ4v) is 3.31. The summed E-state index contributed by atoms with van der Waals surface area (Å²) in [6.45, 7) is 6.26. The van der Waals surface area contributed by atoms with Crippen molar-refractivity contribution in [1.29, 1.82) is 0 Å². The van der Waals surface area contributed by atoms with E-state index in [0.717, 1.165) is 25.0 Å². The Hall–Kier alpha value is -1.85. The number of aromatic nitrogens is 2. The van der Waals surface area contributed by atoms with Crippen LogP contribution in [0.2, 0.25) is 0 Å². The third-order valence-corrected chi connectivity index (χ3v) is 4.72. The van der Waals surface area contributed by atoms with Gasteiger partial charge in [-0.25, -0.2) is 0 Å². The smallest absolute Gasteiger partial charge is 0.306 e. The van der Waals surface area contributed by atoms with Crippen LogP contribution in [0.3, 0.4) is 0 Å². The quantitative estimate of drug-likeness (QED) is 0.893. The van der Waals surface area contributed by atoms with Crippen molar-refractivity contribution in [3.05, 3.63) is 17.5 Å². The predicted molar refractivity (Wildman–Crippen MR) is 85.4 cm³/mol. The maximum Gasteiger partial charge on any atom is 0.306 e. The minimum Gasteiger partial charge on any atom is -0.481 e. The van der Waals surface area contributed by atoms with E-state index in [0.29, 0.717) is 24.5 Å². The molecule has 1 aromatic rings. The minimum absolute atomic E-state index is 0.0623. The molecule has 0 unspecified atom stereocenters. The highest BCUT2D eigenvalue weighted by atomic mass is 16.4. The Kier molecular flexibility index (Phi) is 3.94. The van der Waals surface area contributed by atoms with Gasteiger partial charge >= 0.3 is 5.97 Å². The molecule has 0 radical (unpaired) electrons. The molecule has 0 aromatic carbocycles. The lowest BCUT2D eigenvalue weighted by Crippen LogP contribution is -2.34. The van der Waals surface area contributed by atoms with Crippen LogP contribution >= 0.6 is 0 Å². The minimum atomic E-state index is -0.769. The van der Waals surface area contributed by atoms with Gasteiger partial charge in [-0.3, -0.25) is 14.3 Å². The SMILES string of the molecule is CC(C)(C)n1nc(C(=O)N[C@H]2CC[C@@H](C(=O)O)C2)cc1C1CC1. The number of hydrogen-bond donors (Lipinski definition) is 2. The second kappa shape index (κ2) is 5.65. The zero-order chi connectivity index (χ0) is 16.8. The summed E-state index contributed by atoms with van der Waals surface area (Å²) in [5.74, 6) is -0.777. The molecule has 1 aromatic heterocycles. The van der Waals surface area contributed by atoms with E-state index in [1.807, 2.05) is 10.7 Å². The Morgan fingerprint density at radius 1 is 1.26 bits per heavy atom. The number of nitrogens with one attached hydrogen (secondary N) is 1. The molecule has 2 aliphatic carbocycles. The van der Waals surface area contributed by atoms with Crippen LogP contribution in [0, 0.1) is 5.92 Å². The summed E-state index contributed by atoms with van der Waals surface area (Å²) in [6.07, 6.45) is 4.18. The molecule has 2 atom stereocenters. The van der Waals surface area contributed by atoms with E-state index in [-0.39, 0.29) is 23.4 Å². The van der Waals surface area contributed by atoms with Crippen molar-refractivity contribution in [2.24, 2.45) is 5.92 Å². The second-order valence-electron chi connectivity index (χ2n) is 7.83. The zero-order valence-corrected chi connectivity index (χ0v) is 14.0. The van der Waals surface area contributed by atoms with Crippen molar-refractivity contribution in [1.82, 2.24) is 15.1 Å². The molecule has 6 nitrogen and oxygen atoms in total. The number of amides is 1. The lowest BCUT2D eigenvalue weighted by atomic mass is 10.1. The van der Waals surface area contributed by atoms with Crippen LogP contribution in [0.15, 0.2) is 6.07 Å². The highest BCUT2D eigenvalue weighted by Crippen LogP contribution is 2.41. The summed E-state index contributed by atoms with van der Waals surface area (Å²) in [6, 6.07) is 1.84. The maximum atomic E-state index is 12.5. The molecule has 0 bridgehead atoms. The molecule has 126 valence electrons. The Balaban J connectivity index is 1.72. The number of nitrogens with zero attached hydrogens (tertiary/aromatic N) is 2. The summed E-state index contributed by atoms with van der Waals surface area (Å²) in [7, 11) is 0. The van der Waals surface area contributed by atoms with Crippen LogP contribution in [0.4, 0.5) is 0 Å². The number of hydrogen-bond acceptors (Lipinski definition) is 3. The van der Waals surface area contributed by atoms with Gasteiger partial charge in [0, 0.05) is 17.7 Å². The zero-order valence-electron chi connectivity index (χ0n) is 14.0. The molecule has 2 N–H and O–H groups in total. The first-order valence-electron chi connectivity index (χ1n) is 8.40. The van der Waals surface area contributed by atoms with Gasteiger partial charge in [0.15, 0.2) is 0 Å². The Bertz CT molecular complexity index is 626. The summed E-state index contributed by atoms with van der Waals surface area (Å²) in [4.78, 5) is 23.5. The van der Waals surface area contributed by atoms with Crippen LogP contribution < -0.4 is 5.32 Å². The summed E-state index contributed by atoms with van der Waals surface area (Å²) >= 11 is 0. The van der Waals surface area contributed by atoms with Crippen molar-refractivity contribution in [2.75, 3.05) is 0 Å². The fourth-order valence-electron chi connectivity index (χ4n) is 3.31. The average Bonchev–Trinajstić information content (AvgIpc) is 3.01. The van der Waals surface area contributed by atoms with Crippen LogP contribution in [0.1, 0.15) is 75.0 Å². The molecule has 0 aliphatic heterocycles. The standard InChI is InChI=1S/C17H25N3O3/c1-17(2,3)20-14(10-4-5-10)9-13(19-20)15(21)18-12-7-6-11(8-12)16(22)23/h9-12H,4-8H2,1-3H3,(H,18,21)(H,22,23)/t11-,12+/m1/s1. The predicted octanol–water partition coefficient (Wildman–Crippen LogP) is 2.50. The van der Waals surface area contributed by atoms with E-state index in [4.69, 9.17) is 5.11 Å². The van der Waals surface area contributed by atoms with E-state index in [9.17, 15) is 9.59 Å². The molecule has 6 heteroatoms. The monoisotopic (exact) mass is 319 g/mol. The number of rotatable bonds is 4. The first-order chi connectivity index (χ1) is 10.8. The van der Waals surface area contributed by atoms with Crippen molar-refractivity contribution in [3.8, 4) is 0 Å². The molecule has 3 rings (SSSR count). The molecule has 2 aliphatic rings. The Morgan fingerprint density at radius 3 is 2.48 bits per heavy atom. The van der Waals surface area contributed by atoms with Crippen molar-refractivity contribution in [2.45, 2.75) is 70.4 Å². The van der Waals surface area contributed by atoms with Crippen LogP contribution in [-0.4, -0.2) is 32.8 Å². The molecule has 0 saturated heterocycles. The van der Waals surface area contributed by atoms with Crippen LogP contribution in [0.5, 0.6) is 0 Å². The number of carbonyl (C=O) groups is 2. The Labute approximate surface area is 136 Å². The third kappa shape index (κ3) is 3.41. The van der Waals surface area contributed by atoms with Gasteiger partial charge in [0.25, 0.3) is 5.91 Å². The molecular formula is C17H25N3O3. The van der Waals surface area contributed by atoms with E-state index in [1.54, 1.807) is 0 Å². The Morgan fingerprint density at radius 2 is 1.96 bits per heavy atom. The summed E-state index contributed by atoms with van der Waals surface area (Å²) < 4.78 is 1.97. The lowest BCUT2D eigenvalue weighted by molar-refractivity contribution is -0.141. The topological polar surface area (TPSA) is 84.2 Å². The average molecular weight is 319 g/mol. The first kappa shape index (κ1) is 16.0. The van der Waals surface area contributed by atoms with Crippen molar-refractivity contribution >= 4 is 11.9 Å². The summed E-state index contributed by atoms with van der Waals surface area (Å²) in [5.41, 5.74) is 1.43. The highest BCUT2D eigenvalue weighted by molar-refractivity contribution is 5.92. The molecule has 2 saturated carbocycles. The van der Waals surface area contributed by atoms with Gasteiger partial charge in [0.05, 0.1) is 11.5 Å². The molecule has 1 amide bonds. The number of aliphatic carboxylic acids is 1. The van der Waals surface area contributed by atoms with E-state index in [1.165, 1.54) is 0 Å². The van der Waals surface area contributed by atoms with Gasteiger partial charge in [-0.15, -0.1) is 0 Å². The van der Waals surface area contributed by atoms with Gasteiger partial charge in [0.2, 0.25) is 0 Å². The third-order valence-electron chi connectivity index (χ3n) is 4.72. The summed E-state index contributed by atoms with van der Waals surface area (Å²) in [5, 5.41) is 16.5.